The lowest BCUT2D eigenvalue weighted by molar-refractivity contribution is -0.0528. The molecule has 0 spiro atoms. The standard InChI is InChI=1S/C22H25F2N9O/c1-2-32-20(13-5-8-16(27-9-13)34-22(23)24)31-17-19(28-11-29-21(17)32)30-14-6-7-15(25)33(10-14)18(26)12-3-4-12/h5,8-9,11-12,14,22,25-26H,2-4,6-7,10H2,1H3,(H,28,29,30). The van der Waals surface area contributed by atoms with Crippen LogP contribution in [-0.4, -0.2) is 60.3 Å². The van der Waals surface area contributed by atoms with Crippen molar-refractivity contribution in [2.75, 3.05) is 11.9 Å². The first-order valence-corrected chi connectivity index (χ1v) is 11.3. The second-order valence-corrected chi connectivity index (χ2v) is 8.43. The van der Waals surface area contributed by atoms with Crippen LogP contribution in [0.1, 0.15) is 32.6 Å². The Hall–Kier alpha value is -3.70. The Morgan fingerprint density at radius 2 is 2.06 bits per heavy atom. The molecule has 1 unspecified atom stereocenters. The molecule has 1 atom stereocenters. The van der Waals surface area contributed by atoms with Gasteiger partial charge in [0.25, 0.3) is 0 Å². The topological polar surface area (TPSA) is 129 Å². The van der Waals surface area contributed by atoms with Crippen molar-refractivity contribution in [2.24, 2.45) is 5.92 Å². The van der Waals surface area contributed by atoms with Gasteiger partial charge in [0.2, 0.25) is 5.88 Å². The Bertz CT molecular complexity index is 1220. The third kappa shape index (κ3) is 4.27. The predicted molar refractivity (Wildman–Crippen MR) is 122 cm³/mol. The van der Waals surface area contributed by atoms with Crippen LogP contribution in [0.5, 0.6) is 5.88 Å². The molecule has 0 radical (unpaired) electrons. The summed E-state index contributed by atoms with van der Waals surface area (Å²) in [6, 6.07) is 3.02. The zero-order valence-electron chi connectivity index (χ0n) is 18.6. The number of pyridine rings is 1. The fourth-order valence-corrected chi connectivity index (χ4v) is 4.24. The number of piperidine rings is 1. The zero-order valence-corrected chi connectivity index (χ0v) is 18.6. The van der Waals surface area contributed by atoms with Gasteiger partial charge in [0.05, 0.1) is 0 Å². The molecule has 1 aliphatic carbocycles. The normalized spacial score (nSPS) is 18.5. The summed E-state index contributed by atoms with van der Waals surface area (Å²) in [7, 11) is 0. The smallest absolute Gasteiger partial charge is 0.388 e. The van der Waals surface area contributed by atoms with E-state index in [9.17, 15) is 8.78 Å². The Morgan fingerprint density at radius 1 is 1.24 bits per heavy atom. The molecule has 4 heterocycles. The fourth-order valence-electron chi connectivity index (χ4n) is 4.24. The minimum absolute atomic E-state index is 0.00831. The molecule has 10 nitrogen and oxygen atoms in total. The minimum atomic E-state index is -2.94. The van der Waals surface area contributed by atoms with Gasteiger partial charge in [-0.05, 0) is 32.3 Å². The molecule has 178 valence electrons. The van der Waals surface area contributed by atoms with Crippen molar-refractivity contribution < 1.29 is 13.5 Å². The molecule has 1 saturated heterocycles. The number of hydrogen-bond donors (Lipinski definition) is 3. The Balaban J connectivity index is 1.42. The molecular weight excluding hydrogens is 444 g/mol. The Morgan fingerprint density at radius 3 is 2.74 bits per heavy atom. The van der Waals surface area contributed by atoms with E-state index in [1.165, 1.54) is 18.6 Å². The maximum absolute atomic E-state index is 12.4. The third-order valence-corrected chi connectivity index (χ3v) is 6.11. The van der Waals surface area contributed by atoms with Crippen LogP contribution in [0, 0.1) is 16.7 Å². The average molecular weight is 470 g/mol. The molecule has 0 amide bonds. The van der Waals surface area contributed by atoms with E-state index in [1.54, 1.807) is 6.07 Å². The van der Waals surface area contributed by atoms with Crippen LogP contribution < -0.4 is 10.1 Å². The van der Waals surface area contributed by atoms with E-state index in [2.05, 4.69) is 25.0 Å². The van der Waals surface area contributed by atoms with Gasteiger partial charge < -0.3 is 19.5 Å². The molecule has 34 heavy (non-hydrogen) atoms. The summed E-state index contributed by atoms with van der Waals surface area (Å²) in [4.78, 5) is 19.4. The summed E-state index contributed by atoms with van der Waals surface area (Å²) in [6.07, 6.45) is 6.32. The summed E-state index contributed by atoms with van der Waals surface area (Å²) in [5.41, 5.74) is 1.88. The van der Waals surface area contributed by atoms with E-state index in [4.69, 9.17) is 15.8 Å². The Labute approximate surface area is 194 Å². The number of rotatable bonds is 7. The van der Waals surface area contributed by atoms with Crippen LogP contribution in [0.25, 0.3) is 22.6 Å². The molecule has 0 bridgehead atoms. The Kier molecular flexibility index (Phi) is 5.80. The third-order valence-electron chi connectivity index (χ3n) is 6.11. The van der Waals surface area contributed by atoms with Crippen molar-refractivity contribution in [2.45, 2.75) is 51.8 Å². The van der Waals surface area contributed by atoms with Crippen LogP contribution in [0.15, 0.2) is 24.7 Å². The number of amidine groups is 2. The molecule has 1 aliphatic heterocycles. The molecule has 2 fully saturated rings. The van der Waals surface area contributed by atoms with E-state index in [0.717, 1.165) is 19.3 Å². The minimum Gasteiger partial charge on any atom is -0.417 e. The molecule has 5 rings (SSSR count). The van der Waals surface area contributed by atoms with Crippen molar-refractivity contribution in [1.29, 1.82) is 10.8 Å². The highest BCUT2D eigenvalue weighted by molar-refractivity contribution is 6.00. The van der Waals surface area contributed by atoms with Gasteiger partial charge in [-0.15, -0.1) is 0 Å². The summed E-state index contributed by atoms with van der Waals surface area (Å²) in [5, 5.41) is 20.1. The largest absolute Gasteiger partial charge is 0.417 e. The van der Waals surface area contributed by atoms with Crippen molar-refractivity contribution in [3.05, 3.63) is 24.7 Å². The second kappa shape index (κ2) is 8.92. The molecule has 3 aromatic heterocycles. The van der Waals surface area contributed by atoms with E-state index in [-0.39, 0.29) is 17.8 Å². The highest BCUT2D eigenvalue weighted by atomic mass is 19.3. The van der Waals surface area contributed by atoms with Gasteiger partial charge in [-0.3, -0.25) is 10.8 Å². The molecule has 3 aromatic rings. The number of imidazole rings is 1. The average Bonchev–Trinajstić information content (AvgIpc) is 3.60. The zero-order chi connectivity index (χ0) is 23.8. The summed E-state index contributed by atoms with van der Waals surface area (Å²) in [5.74, 6) is 2.32. The molecule has 12 heteroatoms. The summed E-state index contributed by atoms with van der Waals surface area (Å²) >= 11 is 0. The number of aryl methyl sites for hydroxylation is 1. The highest BCUT2D eigenvalue weighted by Crippen LogP contribution is 2.33. The number of anilines is 1. The SMILES string of the molecule is CCn1c(-c2ccc(OC(F)F)nc2)nc2c(NC3CCC(=N)N(C(=N)C4CC4)C3)ncnc21. The lowest BCUT2D eigenvalue weighted by Crippen LogP contribution is -2.48. The van der Waals surface area contributed by atoms with Crippen molar-refractivity contribution in [3.63, 3.8) is 0 Å². The number of nitrogens with one attached hydrogen (secondary N) is 3. The first kappa shape index (κ1) is 22.1. The van der Waals surface area contributed by atoms with Crippen LogP contribution in [0.2, 0.25) is 0 Å². The molecule has 3 N–H and O–H groups in total. The number of fused-ring (bicyclic) bond motifs is 1. The van der Waals surface area contributed by atoms with E-state index in [0.29, 0.717) is 59.6 Å². The summed E-state index contributed by atoms with van der Waals surface area (Å²) < 4.78 is 31.1. The van der Waals surface area contributed by atoms with Crippen LogP contribution in [0.3, 0.4) is 0 Å². The quantitative estimate of drug-likeness (QED) is 0.355. The number of likely N-dealkylation sites (tertiary alicyclic amines) is 1. The van der Waals surface area contributed by atoms with Gasteiger partial charge in [-0.2, -0.15) is 8.78 Å². The first-order chi connectivity index (χ1) is 16.4. The van der Waals surface area contributed by atoms with E-state index in [1.807, 2.05) is 16.4 Å². The van der Waals surface area contributed by atoms with Crippen LogP contribution in [-0.2, 0) is 6.54 Å². The van der Waals surface area contributed by atoms with Crippen molar-refractivity contribution >= 4 is 28.7 Å². The maximum Gasteiger partial charge on any atom is 0.388 e. The molecule has 1 saturated carbocycles. The molecule has 0 aromatic carbocycles. The van der Waals surface area contributed by atoms with E-state index < -0.39 is 6.61 Å². The monoisotopic (exact) mass is 469 g/mol. The van der Waals surface area contributed by atoms with E-state index >= 15 is 0 Å². The molecular formula is C22H25F2N9O. The van der Waals surface area contributed by atoms with Gasteiger partial charge in [0, 0.05) is 49.3 Å². The van der Waals surface area contributed by atoms with Gasteiger partial charge in [-0.1, -0.05) is 0 Å². The number of nitrogens with zero attached hydrogens (tertiary/aromatic N) is 6. The lowest BCUT2D eigenvalue weighted by atomic mass is 10.0. The second-order valence-electron chi connectivity index (χ2n) is 8.43. The lowest BCUT2D eigenvalue weighted by Gasteiger charge is -2.35. The molecule has 2 aliphatic rings. The van der Waals surface area contributed by atoms with Crippen LogP contribution >= 0.6 is 0 Å². The maximum atomic E-state index is 12.4. The number of hydrogen-bond acceptors (Lipinski definition) is 8. The van der Waals surface area contributed by atoms with Crippen LogP contribution in [0.4, 0.5) is 14.6 Å². The highest BCUT2D eigenvalue weighted by Gasteiger charge is 2.35. The van der Waals surface area contributed by atoms with Crippen molar-refractivity contribution in [1.82, 2.24) is 29.4 Å². The summed E-state index contributed by atoms with van der Waals surface area (Å²) in [6.45, 7) is 0.159. The number of halogens is 2. The number of alkyl halides is 2. The van der Waals surface area contributed by atoms with Gasteiger partial charge in [0.1, 0.15) is 23.8 Å². The van der Waals surface area contributed by atoms with Gasteiger partial charge in [0.15, 0.2) is 17.0 Å². The predicted octanol–water partition coefficient (Wildman–Crippen LogP) is 3.75. The number of aromatic nitrogens is 5. The first-order valence-electron chi connectivity index (χ1n) is 11.3. The number of ether oxygens (including phenoxy) is 1. The van der Waals surface area contributed by atoms with Crippen molar-refractivity contribution in [3.8, 4) is 17.3 Å². The fraction of sp³-hybridized carbons (Fsp3) is 0.455. The van der Waals surface area contributed by atoms with Gasteiger partial charge >= 0.3 is 6.61 Å². The van der Waals surface area contributed by atoms with Gasteiger partial charge in [-0.25, -0.2) is 19.9 Å².